The maximum Gasteiger partial charge on any atom is 0.137 e. The number of piperidine rings is 1. The van der Waals surface area contributed by atoms with Gasteiger partial charge < -0.3 is 4.74 Å². The average molecular weight is 253 g/mol. The summed E-state index contributed by atoms with van der Waals surface area (Å²) < 4.78 is 5.45. The Hall–Kier alpha value is -0.410. The lowest BCUT2D eigenvalue weighted by molar-refractivity contribution is -0.123. The number of methoxy groups -OCH3 is 1. The van der Waals surface area contributed by atoms with Crippen LogP contribution in [0.25, 0.3) is 0 Å². The summed E-state index contributed by atoms with van der Waals surface area (Å²) in [5, 5.41) is 0. The Morgan fingerprint density at radius 2 is 2.11 bits per heavy atom. The predicted molar refractivity (Wildman–Crippen MR) is 72.6 cm³/mol. The molecule has 3 unspecified atom stereocenters. The van der Waals surface area contributed by atoms with Crippen LogP contribution in [-0.4, -0.2) is 43.0 Å². The molecule has 104 valence electrons. The van der Waals surface area contributed by atoms with E-state index in [4.69, 9.17) is 4.74 Å². The third-order valence-corrected chi connectivity index (χ3v) is 4.68. The van der Waals surface area contributed by atoms with E-state index in [9.17, 15) is 4.79 Å². The van der Waals surface area contributed by atoms with Crippen LogP contribution < -0.4 is 0 Å². The summed E-state index contributed by atoms with van der Waals surface area (Å²) in [4.78, 5) is 14.6. The summed E-state index contributed by atoms with van der Waals surface area (Å²) in [6, 6.07) is 0.555. The summed E-state index contributed by atoms with van der Waals surface area (Å²) in [7, 11) is 1.81. The van der Waals surface area contributed by atoms with E-state index < -0.39 is 0 Å². The zero-order valence-corrected chi connectivity index (χ0v) is 11.9. The first kappa shape index (κ1) is 14.0. The molecule has 0 aromatic heterocycles. The highest BCUT2D eigenvalue weighted by molar-refractivity contribution is 5.81. The molecule has 0 amide bonds. The van der Waals surface area contributed by atoms with Crippen molar-refractivity contribution in [2.75, 3.05) is 20.2 Å². The Morgan fingerprint density at radius 3 is 2.83 bits per heavy atom. The average Bonchev–Trinajstić information content (AvgIpc) is 2.57. The van der Waals surface area contributed by atoms with E-state index in [0.29, 0.717) is 23.8 Å². The van der Waals surface area contributed by atoms with E-state index >= 15 is 0 Å². The second kappa shape index (κ2) is 6.67. The summed E-state index contributed by atoms with van der Waals surface area (Å²) in [5.41, 5.74) is 0. The molecule has 1 heterocycles. The van der Waals surface area contributed by atoms with Crippen LogP contribution in [-0.2, 0) is 9.53 Å². The van der Waals surface area contributed by atoms with Gasteiger partial charge in [-0.25, -0.2) is 0 Å². The van der Waals surface area contributed by atoms with Crippen molar-refractivity contribution >= 4 is 5.78 Å². The minimum absolute atomic E-state index is 0.300. The van der Waals surface area contributed by atoms with Gasteiger partial charge in [0.2, 0.25) is 0 Å². The van der Waals surface area contributed by atoms with Crippen molar-refractivity contribution in [3.63, 3.8) is 0 Å². The van der Waals surface area contributed by atoms with Crippen molar-refractivity contribution in [3.05, 3.63) is 0 Å². The summed E-state index contributed by atoms with van der Waals surface area (Å²) in [6.45, 7) is 4.34. The molecule has 18 heavy (non-hydrogen) atoms. The van der Waals surface area contributed by atoms with Crippen molar-refractivity contribution in [2.24, 2.45) is 5.92 Å². The number of ketones is 1. The highest BCUT2D eigenvalue weighted by atomic mass is 16.5. The molecular formula is C15H27NO2. The van der Waals surface area contributed by atoms with Gasteiger partial charge in [-0.15, -0.1) is 0 Å². The zero-order chi connectivity index (χ0) is 13.0. The van der Waals surface area contributed by atoms with Gasteiger partial charge in [0.15, 0.2) is 0 Å². The summed E-state index contributed by atoms with van der Waals surface area (Å²) in [6.07, 6.45) is 8.14. The normalized spacial score (nSPS) is 35.4. The highest BCUT2D eigenvalue weighted by Gasteiger charge is 2.29. The molecule has 1 aliphatic heterocycles. The number of likely N-dealkylation sites (tertiary alicyclic amines) is 1. The minimum atomic E-state index is 0.300. The van der Waals surface area contributed by atoms with Gasteiger partial charge in [-0.1, -0.05) is 12.8 Å². The first-order chi connectivity index (χ1) is 8.70. The van der Waals surface area contributed by atoms with Crippen LogP contribution in [0, 0.1) is 5.92 Å². The second-order valence-electron chi connectivity index (χ2n) is 5.99. The van der Waals surface area contributed by atoms with E-state index in [1.807, 2.05) is 7.11 Å². The minimum Gasteiger partial charge on any atom is -0.381 e. The molecule has 0 radical (unpaired) electrons. The van der Waals surface area contributed by atoms with E-state index in [0.717, 1.165) is 45.2 Å². The van der Waals surface area contributed by atoms with Crippen molar-refractivity contribution in [3.8, 4) is 0 Å². The third-order valence-electron chi connectivity index (χ3n) is 4.68. The molecule has 2 rings (SSSR count). The summed E-state index contributed by atoms with van der Waals surface area (Å²) in [5.74, 6) is 0.808. The zero-order valence-electron chi connectivity index (χ0n) is 11.9. The lowest BCUT2D eigenvalue weighted by Crippen LogP contribution is -2.46. The van der Waals surface area contributed by atoms with Crippen LogP contribution >= 0.6 is 0 Å². The van der Waals surface area contributed by atoms with Crippen molar-refractivity contribution in [1.82, 2.24) is 4.90 Å². The van der Waals surface area contributed by atoms with Gasteiger partial charge in [-0.2, -0.15) is 0 Å². The molecule has 0 N–H and O–H groups in total. The molecule has 0 bridgehead atoms. The number of carbonyl (C=O) groups excluding carboxylic acids is 1. The fraction of sp³-hybridized carbons (Fsp3) is 0.933. The monoisotopic (exact) mass is 253 g/mol. The Labute approximate surface area is 111 Å². The van der Waals surface area contributed by atoms with Crippen molar-refractivity contribution in [1.29, 1.82) is 0 Å². The third kappa shape index (κ3) is 3.55. The maximum atomic E-state index is 12.1. The van der Waals surface area contributed by atoms with Gasteiger partial charge in [0.05, 0.1) is 6.10 Å². The lowest BCUT2D eigenvalue weighted by Gasteiger charge is -2.38. The van der Waals surface area contributed by atoms with Gasteiger partial charge >= 0.3 is 0 Å². The molecule has 1 saturated heterocycles. The van der Waals surface area contributed by atoms with Gasteiger partial charge in [0, 0.05) is 38.6 Å². The molecule has 1 saturated carbocycles. The number of rotatable bonds is 3. The fourth-order valence-corrected chi connectivity index (χ4v) is 3.37. The predicted octanol–water partition coefficient (Wildman–Crippen LogP) is 2.64. The van der Waals surface area contributed by atoms with Crippen molar-refractivity contribution < 1.29 is 9.53 Å². The first-order valence-electron chi connectivity index (χ1n) is 7.50. The van der Waals surface area contributed by atoms with Crippen molar-refractivity contribution in [2.45, 2.75) is 64.0 Å². The summed E-state index contributed by atoms with van der Waals surface area (Å²) >= 11 is 0. The van der Waals surface area contributed by atoms with E-state index in [1.165, 1.54) is 12.8 Å². The molecule has 3 nitrogen and oxygen atoms in total. The van der Waals surface area contributed by atoms with Gasteiger partial charge in [-0.05, 0) is 32.6 Å². The van der Waals surface area contributed by atoms with E-state index in [1.54, 1.807) is 0 Å². The Morgan fingerprint density at radius 1 is 1.28 bits per heavy atom. The molecule has 1 aliphatic carbocycles. The molecule has 0 aromatic carbocycles. The van der Waals surface area contributed by atoms with Crippen LogP contribution in [0.3, 0.4) is 0 Å². The van der Waals surface area contributed by atoms with Gasteiger partial charge in [0.25, 0.3) is 0 Å². The quantitative estimate of drug-likeness (QED) is 0.724. The van der Waals surface area contributed by atoms with Crippen LogP contribution in [0.4, 0.5) is 0 Å². The molecule has 2 fully saturated rings. The van der Waals surface area contributed by atoms with Gasteiger partial charge in [0.1, 0.15) is 5.78 Å². The standard InChI is InChI=1S/C15H27NO2/c1-12-10-14(18-2)8-9-16(12)11-13-6-4-3-5-7-15(13)17/h12-14H,3-11H2,1-2H3. The first-order valence-corrected chi connectivity index (χ1v) is 7.50. The number of carbonyl (C=O) groups is 1. The Kier molecular flexibility index (Phi) is 5.19. The van der Waals surface area contributed by atoms with Crippen LogP contribution in [0.15, 0.2) is 0 Å². The maximum absolute atomic E-state index is 12.1. The molecule has 3 heteroatoms. The topological polar surface area (TPSA) is 29.5 Å². The number of nitrogens with zero attached hydrogens (tertiary/aromatic N) is 1. The Bertz CT molecular complexity index is 280. The number of hydrogen-bond acceptors (Lipinski definition) is 3. The molecule has 2 aliphatic rings. The number of Topliss-reactive ketones (excluding diaryl/α,β-unsaturated/α-hetero) is 1. The van der Waals surface area contributed by atoms with Gasteiger partial charge in [-0.3, -0.25) is 9.69 Å². The molecular weight excluding hydrogens is 226 g/mol. The van der Waals surface area contributed by atoms with Crippen LogP contribution in [0.5, 0.6) is 0 Å². The lowest BCUT2D eigenvalue weighted by atomic mass is 9.94. The molecule has 0 spiro atoms. The second-order valence-corrected chi connectivity index (χ2v) is 5.99. The largest absolute Gasteiger partial charge is 0.381 e. The smallest absolute Gasteiger partial charge is 0.137 e. The van der Waals surface area contributed by atoms with Crippen LogP contribution in [0.1, 0.15) is 51.9 Å². The van der Waals surface area contributed by atoms with E-state index in [2.05, 4.69) is 11.8 Å². The number of hydrogen-bond donors (Lipinski definition) is 0. The SMILES string of the molecule is COC1CCN(CC2CCCCCC2=O)C(C)C1. The molecule has 0 aromatic rings. The van der Waals surface area contributed by atoms with Crippen LogP contribution in [0.2, 0.25) is 0 Å². The molecule has 3 atom stereocenters. The van der Waals surface area contributed by atoms with E-state index in [-0.39, 0.29) is 0 Å². The fourth-order valence-electron chi connectivity index (χ4n) is 3.37. The number of ether oxygens (including phenoxy) is 1. The highest BCUT2D eigenvalue weighted by Crippen LogP contribution is 2.25. The Balaban J connectivity index is 1.86.